The number of nitrogens with zero attached hydrogens (tertiary/aromatic N) is 1. The van der Waals surface area contributed by atoms with Gasteiger partial charge in [-0.2, -0.15) is 0 Å². The first-order chi connectivity index (χ1) is 7.59. The van der Waals surface area contributed by atoms with Crippen molar-refractivity contribution in [1.82, 2.24) is 9.97 Å². The number of aliphatic hydroxyl groups is 1. The number of rotatable bonds is 3. The molecular formula is C10H16N2O3S. The molecule has 1 aliphatic rings. The highest BCUT2D eigenvalue weighted by molar-refractivity contribution is 7.92. The van der Waals surface area contributed by atoms with Crippen molar-refractivity contribution in [2.24, 2.45) is 0 Å². The monoisotopic (exact) mass is 244 g/mol. The number of imidazole rings is 1. The van der Waals surface area contributed by atoms with Crippen molar-refractivity contribution in [3.8, 4) is 0 Å². The molecule has 2 heterocycles. The Bertz CT molecular complexity index is 427. The summed E-state index contributed by atoms with van der Waals surface area (Å²) in [7, 11) is -3.12. The summed E-state index contributed by atoms with van der Waals surface area (Å²) in [6.45, 7) is 0. The Morgan fingerprint density at radius 2 is 2.38 bits per heavy atom. The fourth-order valence-corrected chi connectivity index (χ4v) is 4.16. The van der Waals surface area contributed by atoms with Crippen molar-refractivity contribution in [2.45, 2.75) is 37.0 Å². The molecule has 1 fully saturated rings. The molecule has 0 amide bonds. The van der Waals surface area contributed by atoms with Gasteiger partial charge in [0.05, 0.1) is 17.1 Å². The zero-order valence-corrected chi connectivity index (χ0v) is 9.78. The van der Waals surface area contributed by atoms with E-state index in [1.807, 2.05) is 0 Å². The van der Waals surface area contributed by atoms with E-state index in [0.29, 0.717) is 18.7 Å². The van der Waals surface area contributed by atoms with Gasteiger partial charge in [-0.3, -0.25) is 0 Å². The average Bonchev–Trinajstić information content (AvgIpc) is 2.69. The maximum absolute atomic E-state index is 11.8. The fourth-order valence-electron chi connectivity index (χ4n) is 2.15. The van der Waals surface area contributed by atoms with E-state index in [9.17, 15) is 13.5 Å². The first kappa shape index (κ1) is 11.6. The van der Waals surface area contributed by atoms with Crippen LogP contribution in [0.25, 0.3) is 0 Å². The quantitative estimate of drug-likeness (QED) is 0.800. The number of H-pyrrole nitrogens is 1. The second-order valence-corrected chi connectivity index (χ2v) is 6.55. The van der Waals surface area contributed by atoms with Crippen molar-refractivity contribution in [3.63, 3.8) is 0 Å². The SMILES string of the molecule is O=S1(=O)CCCCC1C(O)Cc1ncc[nH]1. The number of nitrogens with one attached hydrogen (secondary N) is 1. The van der Waals surface area contributed by atoms with Crippen LogP contribution in [0.1, 0.15) is 25.1 Å². The molecule has 16 heavy (non-hydrogen) atoms. The predicted molar refractivity (Wildman–Crippen MR) is 59.7 cm³/mol. The molecule has 0 saturated carbocycles. The van der Waals surface area contributed by atoms with Crippen LogP contribution in [0.4, 0.5) is 0 Å². The largest absolute Gasteiger partial charge is 0.391 e. The average molecular weight is 244 g/mol. The van der Waals surface area contributed by atoms with E-state index in [2.05, 4.69) is 9.97 Å². The summed E-state index contributed by atoms with van der Waals surface area (Å²) in [5.74, 6) is 0.834. The third-order valence-electron chi connectivity index (χ3n) is 3.02. The molecule has 0 aliphatic carbocycles. The van der Waals surface area contributed by atoms with E-state index in [0.717, 1.165) is 6.42 Å². The van der Waals surface area contributed by atoms with Crippen molar-refractivity contribution < 1.29 is 13.5 Å². The minimum atomic E-state index is -3.12. The van der Waals surface area contributed by atoms with Gasteiger partial charge in [-0.05, 0) is 12.8 Å². The number of sulfone groups is 1. The van der Waals surface area contributed by atoms with Gasteiger partial charge in [-0.1, -0.05) is 6.42 Å². The van der Waals surface area contributed by atoms with Gasteiger partial charge in [0.15, 0.2) is 9.84 Å². The standard InChI is InChI=1S/C10H16N2O3S/c13-8(7-10-11-4-5-12-10)9-3-1-2-6-16(9,14)15/h4-5,8-9,13H,1-3,6-7H2,(H,11,12). The lowest BCUT2D eigenvalue weighted by Crippen LogP contribution is -2.39. The zero-order valence-electron chi connectivity index (χ0n) is 8.96. The zero-order chi connectivity index (χ0) is 11.6. The van der Waals surface area contributed by atoms with Gasteiger partial charge < -0.3 is 10.1 Å². The Labute approximate surface area is 94.8 Å². The Morgan fingerprint density at radius 3 is 3.00 bits per heavy atom. The Hall–Kier alpha value is -0.880. The highest BCUT2D eigenvalue weighted by Crippen LogP contribution is 2.23. The molecule has 1 saturated heterocycles. The number of hydrogen-bond acceptors (Lipinski definition) is 4. The summed E-state index contributed by atoms with van der Waals surface area (Å²) in [6.07, 6.45) is 4.83. The first-order valence-corrected chi connectivity index (χ1v) is 7.19. The van der Waals surface area contributed by atoms with Crippen LogP contribution in [-0.2, 0) is 16.3 Å². The third kappa shape index (κ3) is 2.44. The fraction of sp³-hybridized carbons (Fsp3) is 0.700. The van der Waals surface area contributed by atoms with Gasteiger partial charge in [0.2, 0.25) is 0 Å². The summed E-state index contributed by atoms with van der Waals surface area (Å²) in [5, 5.41) is 9.32. The normalized spacial score (nSPS) is 26.4. The molecule has 6 heteroatoms. The molecule has 1 aromatic rings. The molecule has 2 N–H and O–H groups in total. The van der Waals surface area contributed by atoms with Gasteiger partial charge in [-0.25, -0.2) is 13.4 Å². The number of aliphatic hydroxyl groups excluding tert-OH is 1. The van der Waals surface area contributed by atoms with E-state index >= 15 is 0 Å². The molecule has 2 rings (SSSR count). The van der Waals surface area contributed by atoms with Crippen LogP contribution in [0.3, 0.4) is 0 Å². The topological polar surface area (TPSA) is 83.1 Å². The van der Waals surface area contributed by atoms with Crippen molar-refractivity contribution >= 4 is 9.84 Å². The summed E-state index contributed by atoms with van der Waals surface area (Å²) >= 11 is 0. The van der Waals surface area contributed by atoms with Crippen LogP contribution < -0.4 is 0 Å². The highest BCUT2D eigenvalue weighted by Gasteiger charge is 2.34. The van der Waals surface area contributed by atoms with Crippen LogP contribution in [0.5, 0.6) is 0 Å². The predicted octanol–water partition coefficient (Wildman–Crippen LogP) is 0.280. The Morgan fingerprint density at radius 1 is 1.56 bits per heavy atom. The van der Waals surface area contributed by atoms with Gasteiger partial charge in [-0.15, -0.1) is 0 Å². The maximum atomic E-state index is 11.8. The molecular weight excluding hydrogens is 228 g/mol. The Balaban J connectivity index is 2.06. The second-order valence-electron chi connectivity index (χ2n) is 4.21. The molecule has 1 aromatic heterocycles. The van der Waals surface area contributed by atoms with Crippen LogP contribution in [-0.4, -0.2) is 40.6 Å². The van der Waals surface area contributed by atoms with Gasteiger partial charge in [0, 0.05) is 18.8 Å². The Kier molecular flexibility index (Phi) is 3.30. The molecule has 2 atom stereocenters. The van der Waals surface area contributed by atoms with Gasteiger partial charge in [0.25, 0.3) is 0 Å². The van der Waals surface area contributed by atoms with Crippen LogP contribution in [0.15, 0.2) is 12.4 Å². The lowest BCUT2D eigenvalue weighted by Gasteiger charge is -2.26. The molecule has 1 aliphatic heterocycles. The second kappa shape index (κ2) is 4.55. The molecule has 0 aromatic carbocycles. The molecule has 0 spiro atoms. The molecule has 0 radical (unpaired) electrons. The van der Waals surface area contributed by atoms with Gasteiger partial charge in [0.1, 0.15) is 5.82 Å². The minimum Gasteiger partial charge on any atom is -0.391 e. The van der Waals surface area contributed by atoms with E-state index in [1.165, 1.54) is 0 Å². The summed E-state index contributed by atoms with van der Waals surface area (Å²) in [5.41, 5.74) is 0. The molecule has 90 valence electrons. The van der Waals surface area contributed by atoms with Crippen LogP contribution in [0.2, 0.25) is 0 Å². The summed E-state index contributed by atoms with van der Waals surface area (Å²) in [6, 6.07) is 0. The summed E-state index contributed by atoms with van der Waals surface area (Å²) < 4.78 is 23.5. The van der Waals surface area contributed by atoms with Crippen molar-refractivity contribution in [3.05, 3.63) is 18.2 Å². The summed E-state index contributed by atoms with van der Waals surface area (Å²) in [4.78, 5) is 6.86. The van der Waals surface area contributed by atoms with Crippen molar-refractivity contribution in [1.29, 1.82) is 0 Å². The smallest absolute Gasteiger partial charge is 0.155 e. The molecule has 2 unspecified atom stereocenters. The highest BCUT2D eigenvalue weighted by atomic mass is 32.2. The van der Waals surface area contributed by atoms with E-state index in [-0.39, 0.29) is 12.2 Å². The maximum Gasteiger partial charge on any atom is 0.155 e. The van der Waals surface area contributed by atoms with Gasteiger partial charge >= 0.3 is 0 Å². The van der Waals surface area contributed by atoms with Crippen molar-refractivity contribution in [2.75, 3.05) is 5.75 Å². The van der Waals surface area contributed by atoms with Crippen LogP contribution in [0, 0.1) is 0 Å². The first-order valence-electron chi connectivity index (χ1n) is 5.47. The third-order valence-corrected chi connectivity index (χ3v) is 5.35. The van der Waals surface area contributed by atoms with E-state index in [4.69, 9.17) is 0 Å². The number of aromatic amines is 1. The molecule has 0 bridgehead atoms. The molecule has 5 nitrogen and oxygen atoms in total. The van der Waals surface area contributed by atoms with Crippen LogP contribution >= 0.6 is 0 Å². The van der Waals surface area contributed by atoms with E-state index < -0.39 is 21.2 Å². The lowest BCUT2D eigenvalue weighted by molar-refractivity contribution is 0.160. The minimum absolute atomic E-state index is 0.201. The van der Waals surface area contributed by atoms with E-state index in [1.54, 1.807) is 12.4 Å². The number of hydrogen-bond donors (Lipinski definition) is 2. The number of aromatic nitrogens is 2. The lowest BCUT2D eigenvalue weighted by atomic mass is 10.1.